The largest absolute Gasteiger partial charge is 0.395 e. The molecule has 116 valence electrons. The molecule has 1 saturated heterocycles. The molecular weight excluding hydrogens is 296 g/mol. The molecule has 1 N–H and O–H groups in total. The third-order valence-electron chi connectivity index (χ3n) is 3.75. The summed E-state index contributed by atoms with van der Waals surface area (Å²) >= 11 is 0. The second-order valence-electron chi connectivity index (χ2n) is 5.15. The molecule has 0 aliphatic carbocycles. The number of hydrogen-bond acceptors (Lipinski definition) is 5. The predicted molar refractivity (Wildman–Crippen MR) is 76.5 cm³/mol. The van der Waals surface area contributed by atoms with Crippen LogP contribution in [-0.4, -0.2) is 41.9 Å². The molecule has 1 aliphatic heterocycles. The fourth-order valence-corrected chi connectivity index (χ4v) is 4.51. The lowest BCUT2D eigenvalue weighted by Gasteiger charge is -2.33. The molecule has 2 rings (SSSR count). The number of rotatable bonds is 4. The number of non-ortho nitro benzene ring substituents is 1. The van der Waals surface area contributed by atoms with Crippen LogP contribution in [0.3, 0.4) is 0 Å². The van der Waals surface area contributed by atoms with Crippen LogP contribution < -0.4 is 0 Å². The summed E-state index contributed by atoms with van der Waals surface area (Å²) in [6.45, 7) is 1.69. The number of benzene rings is 1. The minimum Gasteiger partial charge on any atom is -0.395 e. The average Bonchev–Trinajstić information content (AvgIpc) is 2.47. The number of piperidine rings is 1. The van der Waals surface area contributed by atoms with E-state index in [9.17, 15) is 23.6 Å². The van der Waals surface area contributed by atoms with E-state index >= 15 is 0 Å². The van der Waals surface area contributed by atoms with Crippen molar-refractivity contribution in [2.75, 3.05) is 13.2 Å². The molecule has 1 unspecified atom stereocenters. The molecule has 0 radical (unpaired) electrons. The molecule has 7 nitrogen and oxygen atoms in total. The Balaban J connectivity index is 2.47. The first-order valence-electron chi connectivity index (χ1n) is 6.75. The van der Waals surface area contributed by atoms with Crippen molar-refractivity contribution in [3.63, 3.8) is 0 Å². The van der Waals surface area contributed by atoms with Gasteiger partial charge in [-0.3, -0.25) is 10.1 Å². The van der Waals surface area contributed by atoms with Crippen LogP contribution in [0.4, 0.5) is 5.69 Å². The molecule has 1 aromatic rings. The van der Waals surface area contributed by atoms with Gasteiger partial charge in [-0.05, 0) is 25.3 Å². The van der Waals surface area contributed by atoms with E-state index in [2.05, 4.69) is 0 Å². The van der Waals surface area contributed by atoms with Crippen molar-refractivity contribution < 1.29 is 18.4 Å². The van der Waals surface area contributed by atoms with Gasteiger partial charge >= 0.3 is 0 Å². The highest BCUT2D eigenvalue weighted by molar-refractivity contribution is 7.89. The number of aliphatic hydroxyl groups excluding tert-OH is 1. The molecule has 0 spiro atoms. The van der Waals surface area contributed by atoms with Crippen molar-refractivity contribution in [1.82, 2.24) is 4.31 Å². The SMILES string of the molecule is Cc1ccc([N+](=O)[O-])cc1S(=O)(=O)N1CCCCC1CO. The number of aliphatic hydroxyl groups is 1. The number of sulfonamides is 1. The van der Waals surface area contributed by atoms with Crippen molar-refractivity contribution in [3.05, 3.63) is 33.9 Å². The van der Waals surface area contributed by atoms with Crippen LogP contribution in [0.25, 0.3) is 0 Å². The van der Waals surface area contributed by atoms with Gasteiger partial charge in [0, 0.05) is 24.7 Å². The van der Waals surface area contributed by atoms with Gasteiger partial charge in [0.2, 0.25) is 10.0 Å². The minimum atomic E-state index is -3.84. The van der Waals surface area contributed by atoms with Gasteiger partial charge in [0.25, 0.3) is 5.69 Å². The highest BCUT2D eigenvalue weighted by Gasteiger charge is 2.34. The van der Waals surface area contributed by atoms with Crippen LogP contribution in [0.5, 0.6) is 0 Å². The van der Waals surface area contributed by atoms with E-state index in [-0.39, 0.29) is 17.2 Å². The summed E-state index contributed by atoms with van der Waals surface area (Å²) in [6.07, 6.45) is 2.19. The zero-order chi connectivity index (χ0) is 15.6. The van der Waals surface area contributed by atoms with Crippen LogP contribution in [0.1, 0.15) is 24.8 Å². The fourth-order valence-electron chi connectivity index (χ4n) is 2.58. The molecule has 0 amide bonds. The van der Waals surface area contributed by atoms with E-state index in [1.54, 1.807) is 6.92 Å². The predicted octanol–water partition coefficient (Wildman–Crippen LogP) is 1.44. The van der Waals surface area contributed by atoms with Crippen LogP contribution in [0, 0.1) is 17.0 Å². The number of hydrogen-bond donors (Lipinski definition) is 1. The molecule has 1 aromatic carbocycles. The van der Waals surface area contributed by atoms with Gasteiger partial charge in [-0.25, -0.2) is 8.42 Å². The maximum atomic E-state index is 12.7. The van der Waals surface area contributed by atoms with Crippen LogP contribution in [-0.2, 0) is 10.0 Å². The van der Waals surface area contributed by atoms with Crippen LogP contribution in [0.2, 0.25) is 0 Å². The summed E-state index contributed by atoms with van der Waals surface area (Å²) in [4.78, 5) is 10.2. The van der Waals surface area contributed by atoms with Crippen molar-refractivity contribution in [1.29, 1.82) is 0 Å². The highest BCUT2D eigenvalue weighted by atomic mass is 32.2. The van der Waals surface area contributed by atoms with Gasteiger partial charge in [-0.2, -0.15) is 4.31 Å². The van der Waals surface area contributed by atoms with E-state index in [1.165, 1.54) is 16.4 Å². The van der Waals surface area contributed by atoms with Crippen molar-refractivity contribution >= 4 is 15.7 Å². The van der Waals surface area contributed by atoms with Crippen molar-refractivity contribution in [2.24, 2.45) is 0 Å². The monoisotopic (exact) mass is 314 g/mol. The zero-order valence-corrected chi connectivity index (χ0v) is 12.5. The Morgan fingerprint density at radius 1 is 1.43 bits per heavy atom. The first-order valence-corrected chi connectivity index (χ1v) is 8.19. The molecule has 8 heteroatoms. The molecule has 1 atom stereocenters. The van der Waals surface area contributed by atoms with Crippen LogP contribution in [0.15, 0.2) is 23.1 Å². The van der Waals surface area contributed by atoms with E-state index in [4.69, 9.17) is 0 Å². The van der Waals surface area contributed by atoms with E-state index in [0.29, 0.717) is 18.5 Å². The molecule has 1 heterocycles. The normalized spacial score (nSPS) is 20.4. The smallest absolute Gasteiger partial charge is 0.270 e. The van der Waals surface area contributed by atoms with E-state index in [1.807, 2.05) is 0 Å². The summed E-state index contributed by atoms with van der Waals surface area (Å²) in [5.74, 6) is 0. The minimum absolute atomic E-state index is 0.0583. The number of nitro benzene ring substituents is 1. The second-order valence-corrected chi connectivity index (χ2v) is 7.01. The molecule has 0 saturated carbocycles. The van der Waals surface area contributed by atoms with Gasteiger partial charge in [0.15, 0.2) is 0 Å². The molecular formula is C13H18N2O5S. The quantitative estimate of drug-likeness (QED) is 0.669. The lowest BCUT2D eigenvalue weighted by Crippen LogP contribution is -2.45. The van der Waals surface area contributed by atoms with Gasteiger partial charge in [0.1, 0.15) is 0 Å². The molecule has 21 heavy (non-hydrogen) atoms. The van der Waals surface area contributed by atoms with Gasteiger partial charge in [-0.15, -0.1) is 0 Å². The molecule has 0 bridgehead atoms. The van der Waals surface area contributed by atoms with Gasteiger partial charge in [0.05, 0.1) is 16.4 Å². The number of nitrogens with zero attached hydrogens (tertiary/aromatic N) is 2. The Morgan fingerprint density at radius 3 is 2.76 bits per heavy atom. The Bertz CT molecular complexity index is 644. The van der Waals surface area contributed by atoms with Crippen molar-refractivity contribution in [2.45, 2.75) is 37.1 Å². The standard InChI is InChI=1S/C13H18N2O5S/c1-10-5-6-11(15(17)18)8-13(10)21(19,20)14-7-3-2-4-12(14)9-16/h5-6,8,12,16H,2-4,7,9H2,1H3. The summed E-state index contributed by atoms with van der Waals surface area (Å²) < 4.78 is 26.8. The van der Waals surface area contributed by atoms with Gasteiger partial charge in [-0.1, -0.05) is 12.5 Å². The summed E-state index contributed by atoms with van der Waals surface area (Å²) in [7, 11) is -3.84. The molecule has 1 fully saturated rings. The maximum Gasteiger partial charge on any atom is 0.270 e. The molecule has 1 aliphatic rings. The Labute approximate surface area is 123 Å². The highest BCUT2D eigenvalue weighted by Crippen LogP contribution is 2.29. The Hall–Kier alpha value is -1.51. The first-order chi connectivity index (χ1) is 9.87. The topological polar surface area (TPSA) is 101 Å². The zero-order valence-electron chi connectivity index (χ0n) is 11.7. The second kappa shape index (κ2) is 6.08. The number of aryl methyl sites for hydroxylation is 1. The first kappa shape index (κ1) is 15.9. The summed E-state index contributed by atoms with van der Waals surface area (Å²) in [5, 5.41) is 20.2. The Morgan fingerprint density at radius 2 is 2.14 bits per heavy atom. The third-order valence-corrected chi connectivity index (χ3v) is 5.85. The fraction of sp³-hybridized carbons (Fsp3) is 0.538. The maximum absolute atomic E-state index is 12.7. The molecule has 0 aromatic heterocycles. The number of nitro groups is 1. The van der Waals surface area contributed by atoms with E-state index < -0.39 is 21.0 Å². The third kappa shape index (κ3) is 3.07. The lowest BCUT2D eigenvalue weighted by atomic mass is 10.1. The van der Waals surface area contributed by atoms with Crippen LogP contribution >= 0.6 is 0 Å². The average molecular weight is 314 g/mol. The lowest BCUT2D eigenvalue weighted by molar-refractivity contribution is -0.385. The summed E-state index contributed by atoms with van der Waals surface area (Å²) in [5.41, 5.74) is 0.208. The van der Waals surface area contributed by atoms with E-state index in [0.717, 1.165) is 18.9 Å². The summed E-state index contributed by atoms with van der Waals surface area (Å²) in [6, 6.07) is 3.35. The van der Waals surface area contributed by atoms with Crippen molar-refractivity contribution in [3.8, 4) is 0 Å². The Kier molecular flexibility index (Phi) is 4.60. The van der Waals surface area contributed by atoms with Gasteiger partial charge < -0.3 is 5.11 Å².